The fraction of sp³-hybridized carbons (Fsp3) is 0.479. The van der Waals surface area contributed by atoms with E-state index in [0.717, 1.165) is 12.7 Å². The molecule has 0 spiro atoms. The summed E-state index contributed by atoms with van der Waals surface area (Å²) in [6, 6.07) is 5.65. The minimum absolute atomic E-state index is 0.0160. The number of Topliss-reactive ketones (excluding diaryl/α,β-unsaturated/α-hetero) is 1. The first-order chi connectivity index (χ1) is 39.0. The van der Waals surface area contributed by atoms with Crippen LogP contribution in [0.25, 0.3) is 22.3 Å². The van der Waals surface area contributed by atoms with Crippen molar-refractivity contribution in [2.75, 3.05) is 36.1 Å². The second-order valence-corrected chi connectivity index (χ2v) is 25.6. The Morgan fingerprint density at radius 1 is 0.902 bits per heavy atom. The highest BCUT2D eigenvalue weighted by molar-refractivity contribution is 8.44. The molecule has 9 N–H and O–H groups in total. The third-order valence-corrected chi connectivity index (χ3v) is 16.9. The molecule has 5 aromatic rings. The van der Waals surface area contributed by atoms with E-state index in [1.54, 1.807) is 42.2 Å². The number of carbonyl (C=O) groups excluding carboxylic acids is 5. The zero-order valence-electron chi connectivity index (χ0n) is 44.1. The molecule has 82 heavy (non-hydrogen) atoms. The SMILES string of the molecule is C=C1C=CC(=O)N1CCCCCC(=O)NC(C(=O)C[C@@H](C)C(=O)Nc1ccc(COC(=O)Nc2ncnc3c2ncn3[C@@H]2O[C@@H]3COP(O)(=S)OC4[C@@H](COP(=O)(S)O[C@H]2C3O)O[C@@H](n2cnc3c(=O)[nH]c(N)nc32)[C@H]4O)cc1)C(C)C. The van der Waals surface area contributed by atoms with Gasteiger partial charge in [0, 0.05) is 42.8 Å². The first-order valence-electron chi connectivity index (χ1n) is 25.7. The van der Waals surface area contributed by atoms with Crippen molar-refractivity contribution in [3.05, 3.63) is 83.6 Å². The van der Waals surface area contributed by atoms with Crippen LogP contribution in [-0.2, 0) is 74.5 Å². The average molecular weight is 1220 g/mol. The summed E-state index contributed by atoms with van der Waals surface area (Å²) in [6.45, 7) is -0.801. The van der Waals surface area contributed by atoms with Gasteiger partial charge in [-0.15, -0.1) is 0 Å². The van der Waals surface area contributed by atoms with Gasteiger partial charge in [-0.25, -0.2) is 29.3 Å². The highest BCUT2D eigenvalue weighted by atomic mass is 32.7. The maximum atomic E-state index is 14.0. The predicted molar refractivity (Wildman–Crippen MR) is 295 cm³/mol. The Balaban J connectivity index is 0.772. The quantitative estimate of drug-likeness (QED) is 0.0346. The van der Waals surface area contributed by atoms with E-state index in [9.17, 15) is 48.4 Å². The Labute approximate surface area is 476 Å². The molecule has 12 atom stereocenters. The number of aromatic nitrogens is 8. The number of benzene rings is 1. The third-order valence-electron chi connectivity index (χ3n) is 13.7. The number of nitrogens with zero attached hydrogens (tertiary/aromatic N) is 8. The number of aliphatic hydroxyl groups is 2. The predicted octanol–water partition coefficient (Wildman–Crippen LogP) is 3.03. The largest absolute Gasteiger partial charge is 0.444 e. The summed E-state index contributed by atoms with van der Waals surface area (Å²) in [7, 11) is 0. The molecule has 1 aromatic carbocycles. The van der Waals surface area contributed by atoms with Crippen LogP contribution in [-0.4, -0.2) is 151 Å². The number of aliphatic hydroxyl groups excluding tert-OH is 2. The Morgan fingerprint density at radius 2 is 1.61 bits per heavy atom. The van der Waals surface area contributed by atoms with Crippen LogP contribution in [0, 0.1) is 11.8 Å². The summed E-state index contributed by atoms with van der Waals surface area (Å²) in [5.74, 6) is -2.39. The Hall–Kier alpha value is -6.38. The summed E-state index contributed by atoms with van der Waals surface area (Å²) in [5, 5.41) is 31.1. The number of nitrogens with one attached hydrogen (secondary N) is 4. The fourth-order valence-corrected chi connectivity index (χ4v) is 12.4. The smallest absolute Gasteiger partial charge is 0.413 e. The molecule has 34 heteroatoms. The number of imidazole rings is 2. The van der Waals surface area contributed by atoms with Gasteiger partial charge in [0.1, 0.15) is 49.6 Å². The van der Waals surface area contributed by atoms with Crippen LogP contribution in [0.5, 0.6) is 0 Å². The summed E-state index contributed by atoms with van der Waals surface area (Å²) in [4.78, 5) is 113. The number of aromatic amines is 1. The number of carbonyl (C=O) groups is 5. The van der Waals surface area contributed by atoms with Gasteiger partial charge in [0.15, 0.2) is 46.4 Å². The van der Waals surface area contributed by atoms with Crippen molar-refractivity contribution >= 4 is 107 Å². The molecule has 4 amide bonds. The number of amides is 4. The van der Waals surface area contributed by atoms with Gasteiger partial charge in [-0.3, -0.25) is 57.0 Å². The minimum Gasteiger partial charge on any atom is -0.444 e. The van der Waals surface area contributed by atoms with Gasteiger partial charge in [0.2, 0.25) is 17.8 Å². The zero-order valence-corrected chi connectivity index (χ0v) is 47.6. The molecule has 4 aliphatic heterocycles. The average Bonchev–Trinajstić information content (AvgIpc) is 3.02. The Kier molecular flexibility index (Phi) is 18.5. The van der Waals surface area contributed by atoms with E-state index >= 15 is 0 Å². The van der Waals surface area contributed by atoms with Gasteiger partial charge in [0.25, 0.3) is 11.5 Å². The fourth-order valence-electron chi connectivity index (χ4n) is 9.46. The standard InChI is InChI=1S/C48H59N13O17P2S2/c1-23(2)33(55-31(63)8-6-5-7-15-59-25(4)9-14-32(59)64)28(62)16-24(3)43(67)54-27-12-10-26(11-13-27)17-72-48(69)56-40-34-41(51-20-50-40)60(21-52-34)46-39-36(65)29(75-46)18-73-79(70,81)77-38-30(19-74-80(71,82)78-39)76-45(37(38)66)61-22-53-35-42(61)57-47(49)58-44(35)68/h9-14,20-24,29-30,33,36-39,45-46,65-66H,4-8,15-19H2,1-3H3,(H,54,67)(H,55,63)(H,70,81)(H,71,82)(H3,49,57,58,68)(H,50,51,56,69)/t24-,29-,30-,33?,36?,37+,38?,39+,45-,46-,79?,80?/m1/s1. The highest BCUT2D eigenvalue weighted by Gasteiger charge is 2.53. The van der Waals surface area contributed by atoms with E-state index in [1.165, 1.54) is 21.5 Å². The number of hydrogen-bond acceptors (Lipinski definition) is 23. The van der Waals surface area contributed by atoms with Crippen molar-refractivity contribution in [3.8, 4) is 0 Å². The minimum atomic E-state index is -4.53. The first kappa shape index (κ1) is 60.2. The number of rotatable bonds is 18. The second kappa shape index (κ2) is 25.2. The number of nitrogen functional groups attached to an aromatic ring is 1. The molecule has 4 aliphatic rings. The highest BCUT2D eigenvalue weighted by Crippen LogP contribution is 2.58. The number of thiol groups is 1. The number of H-pyrrole nitrogens is 1. The van der Waals surface area contributed by atoms with E-state index in [0.29, 0.717) is 42.8 Å². The Morgan fingerprint density at radius 3 is 2.33 bits per heavy atom. The maximum Gasteiger partial charge on any atom is 0.413 e. The normalized spacial score (nSPS) is 27.4. The number of unbranched alkanes of at least 4 members (excludes halogenated alkanes) is 2. The number of fused-ring (bicyclic) bond motifs is 5. The number of anilines is 3. The van der Waals surface area contributed by atoms with Crippen molar-refractivity contribution < 1.29 is 75.9 Å². The van der Waals surface area contributed by atoms with Gasteiger partial charge in [-0.1, -0.05) is 58.2 Å². The van der Waals surface area contributed by atoms with Crippen LogP contribution >= 0.6 is 25.8 Å². The van der Waals surface area contributed by atoms with Crippen molar-refractivity contribution in [1.29, 1.82) is 0 Å². The van der Waals surface area contributed by atoms with Gasteiger partial charge in [-0.2, -0.15) is 4.98 Å². The van der Waals surface area contributed by atoms with E-state index in [4.69, 9.17) is 49.8 Å². The van der Waals surface area contributed by atoms with Crippen LogP contribution in [0.3, 0.4) is 0 Å². The number of ketones is 1. The number of ether oxygens (including phenoxy) is 3. The molecular formula is C48H59N13O17P2S2. The van der Waals surface area contributed by atoms with Gasteiger partial charge in [0.05, 0.1) is 31.9 Å². The lowest BCUT2D eigenvalue weighted by Gasteiger charge is -2.27. The first-order valence-corrected chi connectivity index (χ1v) is 31.0. The molecule has 8 heterocycles. The number of hydrogen-bond donors (Lipinski definition) is 9. The molecule has 440 valence electrons. The van der Waals surface area contributed by atoms with Gasteiger partial charge < -0.3 is 55.1 Å². The maximum absolute atomic E-state index is 14.0. The molecular weight excluding hydrogens is 1160 g/mol. The molecule has 0 aliphatic carbocycles. The molecule has 3 saturated heterocycles. The summed E-state index contributed by atoms with van der Waals surface area (Å²) >= 11 is 9.46. The third kappa shape index (κ3) is 13.8. The van der Waals surface area contributed by atoms with Crippen molar-refractivity contribution in [2.24, 2.45) is 11.8 Å². The van der Waals surface area contributed by atoms with Crippen molar-refractivity contribution in [2.45, 2.75) is 115 Å². The monoisotopic (exact) mass is 1220 g/mol. The van der Waals surface area contributed by atoms with E-state index < -0.39 is 105 Å². The lowest BCUT2D eigenvalue weighted by atomic mass is 9.92. The van der Waals surface area contributed by atoms with Crippen LogP contribution < -0.4 is 27.2 Å². The molecule has 3 fully saturated rings. The van der Waals surface area contributed by atoms with Crippen LogP contribution in [0.1, 0.15) is 70.9 Å². The molecule has 4 aromatic heterocycles. The summed E-state index contributed by atoms with van der Waals surface area (Å²) in [6.07, 6.45) is -4.19. The van der Waals surface area contributed by atoms with E-state index in [1.807, 2.05) is 13.8 Å². The number of allylic oxidation sites excluding steroid dienone is 1. The zero-order chi connectivity index (χ0) is 58.8. The lowest BCUT2D eigenvalue weighted by Crippen LogP contribution is -2.45. The van der Waals surface area contributed by atoms with Crippen LogP contribution in [0.4, 0.5) is 22.2 Å². The second-order valence-electron chi connectivity index (χ2n) is 20.0. The summed E-state index contributed by atoms with van der Waals surface area (Å²) < 4.78 is 56.9. The lowest BCUT2D eigenvalue weighted by molar-refractivity contribution is -0.130. The summed E-state index contributed by atoms with van der Waals surface area (Å²) in [5.41, 5.74) is 6.52. The van der Waals surface area contributed by atoms with E-state index in [-0.39, 0.29) is 77.1 Å². The molecule has 30 nitrogen and oxygen atoms in total. The topological polar surface area (TPSA) is 400 Å². The van der Waals surface area contributed by atoms with Crippen LogP contribution in [0.15, 0.2) is 72.5 Å². The molecule has 0 radical (unpaired) electrons. The van der Waals surface area contributed by atoms with Crippen molar-refractivity contribution in [3.63, 3.8) is 0 Å². The van der Waals surface area contributed by atoms with Crippen LogP contribution in [0.2, 0.25) is 0 Å². The van der Waals surface area contributed by atoms with E-state index in [2.05, 4.69) is 64.7 Å². The Bertz CT molecular complexity index is 3440. The molecule has 0 saturated carbocycles. The van der Waals surface area contributed by atoms with Gasteiger partial charge in [-0.05, 0) is 54.3 Å². The molecule has 9 rings (SSSR count). The van der Waals surface area contributed by atoms with Gasteiger partial charge >= 0.3 is 19.6 Å². The molecule has 2 bridgehead atoms. The van der Waals surface area contributed by atoms with Crippen molar-refractivity contribution in [1.82, 2.24) is 49.3 Å². The number of nitrogens with two attached hydrogens (primary N) is 1. The molecule has 5 unspecified atom stereocenters.